The molecule has 0 fully saturated rings. The highest BCUT2D eigenvalue weighted by molar-refractivity contribution is 7.89. The Morgan fingerprint density at radius 3 is 2.61 bits per heavy atom. The Balaban J connectivity index is 1.76. The molecule has 0 bridgehead atoms. The molecule has 2 heterocycles. The number of thiazole rings is 1. The molecule has 0 unspecified atom stereocenters. The Kier molecular flexibility index (Phi) is 5.92. The summed E-state index contributed by atoms with van der Waals surface area (Å²) in [4.78, 5) is 17.9. The van der Waals surface area contributed by atoms with Crippen molar-refractivity contribution in [2.45, 2.75) is 32.1 Å². The van der Waals surface area contributed by atoms with E-state index in [0.29, 0.717) is 41.7 Å². The smallest absolute Gasteiger partial charge is 0.257 e. The number of aromatic nitrogens is 1. The van der Waals surface area contributed by atoms with Crippen LogP contribution in [0.1, 0.15) is 34.8 Å². The molecule has 0 radical (unpaired) electrons. The van der Waals surface area contributed by atoms with Gasteiger partial charge in [0.25, 0.3) is 5.91 Å². The first-order chi connectivity index (χ1) is 13.3. The van der Waals surface area contributed by atoms with Crippen LogP contribution in [-0.2, 0) is 23.0 Å². The van der Waals surface area contributed by atoms with Crippen LogP contribution < -0.4 is 14.8 Å². The van der Waals surface area contributed by atoms with Gasteiger partial charge in [-0.25, -0.2) is 13.4 Å². The molecule has 3 rings (SSSR count). The van der Waals surface area contributed by atoms with Gasteiger partial charge in [-0.2, -0.15) is 4.31 Å². The second-order valence-corrected chi connectivity index (χ2v) is 10.2. The van der Waals surface area contributed by atoms with Crippen LogP contribution in [0.4, 0.5) is 5.13 Å². The number of rotatable bonds is 6. The molecule has 1 N–H and O–H groups in total. The Labute approximate surface area is 168 Å². The first kappa shape index (κ1) is 20.6. The molecule has 0 spiro atoms. The summed E-state index contributed by atoms with van der Waals surface area (Å²) < 4.78 is 36.7. The highest BCUT2D eigenvalue weighted by atomic mass is 32.2. The molecule has 152 valence electrons. The standard InChI is InChI=1S/C18H23N3O5S2/c1-11(2)28(23,24)21-8-7-13-16(10-21)27-18(19-13)20-17(22)12-5-6-14(25-3)15(9-12)26-4/h5-6,9,11H,7-8,10H2,1-4H3,(H,19,20,22). The van der Waals surface area contributed by atoms with Gasteiger partial charge in [-0.15, -0.1) is 11.3 Å². The third kappa shape index (κ3) is 3.98. The van der Waals surface area contributed by atoms with Gasteiger partial charge in [0.15, 0.2) is 16.6 Å². The van der Waals surface area contributed by atoms with E-state index in [4.69, 9.17) is 9.47 Å². The number of methoxy groups -OCH3 is 2. The van der Waals surface area contributed by atoms with Crippen LogP contribution in [0.5, 0.6) is 11.5 Å². The fourth-order valence-corrected chi connectivity index (χ4v) is 5.24. The Morgan fingerprint density at radius 2 is 1.96 bits per heavy atom. The molecule has 1 aromatic carbocycles. The molecular weight excluding hydrogens is 402 g/mol. The summed E-state index contributed by atoms with van der Waals surface area (Å²) in [5, 5.41) is 2.77. The van der Waals surface area contributed by atoms with Crippen molar-refractivity contribution in [2.75, 3.05) is 26.1 Å². The number of hydrogen-bond acceptors (Lipinski definition) is 7. The fraction of sp³-hybridized carbons (Fsp3) is 0.444. The van der Waals surface area contributed by atoms with E-state index in [2.05, 4.69) is 10.3 Å². The van der Waals surface area contributed by atoms with Crippen LogP contribution in [0.25, 0.3) is 0 Å². The Hall–Kier alpha value is -2.17. The monoisotopic (exact) mass is 425 g/mol. The summed E-state index contributed by atoms with van der Waals surface area (Å²) in [6.45, 7) is 4.04. The van der Waals surface area contributed by atoms with Gasteiger partial charge in [-0.1, -0.05) is 0 Å². The third-order valence-electron chi connectivity index (χ3n) is 4.52. The van der Waals surface area contributed by atoms with Gasteiger partial charge in [0, 0.05) is 30.0 Å². The summed E-state index contributed by atoms with van der Waals surface area (Å²) in [6.07, 6.45) is 0.532. The zero-order chi connectivity index (χ0) is 20.5. The highest BCUT2D eigenvalue weighted by Crippen LogP contribution is 2.31. The van der Waals surface area contributed by atoms with Crippen molar-refractivity contribution in [2.24, 2.45) is 0 Å². The Morgan fingerprint density at radius 1 is 1.25 bits per heavy atom. The van der Waals surface area contributed by atoms with Crippen LogP contribution in [0.3, 0.4) is 0 Å². The molecule has 1 aliphatic heterocycles. The largest absolute Gasteiger partial charge is 0.493 e. The van der Waals surface area contributed by atoms with Gasteiger partial charge in [-0.05, 0) is 32.0 Å². The number of fused-ring (bicyclic) bond motifs is 1. The number of ether oxygens (including phenoxy) is 2. The van der Waals surface area contributed by atoms with Crippen LogP contribution in [0.15, 0.2) is 18.2 Å². The molecular formula is C18H23N3O5S2. The zero-order valence-corrected chi connectivity index (χ0v) is 17.8. The highest BCUT2D eigenvalue weighted by Gasteiger charge is 2.31. The summed E-state index contributed by atoms with van der Waals surface area (Å²) in [5.74, 6) is 0.678. The maximum Gasteiger partial charge on any atom is 0.257 e. The third-order valence-corrected chi connectivity index (χ3v) is 7.74. The Bertz CT molecular complexity index is 985. The molecule has 1 amide bonds. The number of carbonyl (C=O) groups excluding carboxylic acids is 1. The molecule has 0 saturated heterocycles. The van der Waals surface area contributed by atoms with Crippen molar-refractivity contribution in [3.8, 4) is 11.5 Å². The SMILES string of the molecule is COc1ccc(C(=O)Nc2nc3c(s2)CN(S(=O)(=O)C(C)C)CC3)cc1OC. The molecule has 0 saturated carbocycles. The molecule has 28 heavy (non-hydrogen) atoms. The number of nitrogens with one attached hydrogen (secondary N) is 1. The lowest BCUT2D eigenvalue weighted by atomic mass is 10.2. The lowest BCUT2D eigenvalue weighted by Crippen LogP contribution is -2.39. The van der Waals surface area contributed by atoms with Crippen molar-refractivity contribution in [1.29, 1.82) is 0 Å². The maximum absolute atomic E-state index is 12.6. The van der Waals surface area contributed by atoms with Crippen LogP contribution in [0, 0.1) is 0 Å². The molecule has 0 aliphatic carbocycles. The normalized spacial score (nSPS) is 14.6. The van der Waals surface area contributed by atoms with E-state index in [1.54, 1.807) is 32.0 Å². The molecule has 1 aromatic heterocycles. The maximum atomic E-state index is 12.6. The van der Waals surface area contributed by atoms with E-state index in [0.717, 1.165) is 10.6 Å². The molecule has 0 atom stereocenters. The van der Waals surface area contributed by atoms with E-state index in [1.165, 1.54) is 29.9 Å². The molecule has 1 aliphatic rings. The topological polar surface area (TPSA) is 97.8 Å². The molecule has 10 heteroatoms. The predicted molar refractivity (Wildman–Crippen MR) is 108 cm³/mol. The number of amides is 1. The summed E-state index contributed by atoms with van der Waals surface area (Å²) in [7, 11) is -0.281. The first-order valence-electron chi connectivity index (χ1n) is 8.77. The summed E-state index contributed by atoms with van der Waals surface area (Å²) in [5.41, 5.74) is 1.25. The van der Waals surface area contributed by atoms with Crippen molar-refractivity contribution < 1.29 is 22.7 Å². The number of nitrogens with zero attached hydrogens (tertiary/aromatic N) is 2. The predicted octanol–water partition coefficient (Wildman–Crippen LogP) is 2.51. The van der Waals surface area contributed by atoms with E-state index in [9.17, 15) is 13.2 Å². The second-order valence-electron chi connectivity index (χ2n) is 6.59. The van der Waals surface area contributed by atoms with Crippen LogP contribution in [0.2, 0.25) is 0 Å². The minimum Gasteiger partial charge on any atom is -0.493 e. The second kappa shape index (κ2) is 8.06. The van der Waals surface area contributed by atoms with Crippen molar-refractivity contribution >= 4 is 32.4 Å². The first-order valence-corrected chi connectivity index (χ1v) is 11.1. The van der Waals surface area contributed by atoms with Crippen molar-refractivity contribution in [3.63, 3.8) is 0 Å². The van der Waals surface area contributed by atoms with Crippen LogP contribution >= 0.6 is 11.3 Å². The average Bonchev–Trinajstić information content (AvgIpc) is 3.08. The van der Waals surface area contributed by atoms with Gasteiger partial charge in [0.05, 0.1) is 25.2 Å². The molecule has 2 aromatic rings. The fourth-order valence-electron chi connectivity index (χ4n) is 2.89. The van der Waals surface area contributed by atoms with Gasteiger partial charge < -0.3 is 9.47 Å². The van der Waals surface area contributed by atoms with Gasteiger partial charge in [0.2, 0.25) is 10.0 Å². The summed E-state index contributed by atoms with van der Waals surface area (Å²) in [6, 6.07) is 4.90. The number of carbonyl (C=O) groups is 1. The van der Waals surface area contributed by atoms with Gasteiger partial charge in [0.1, 0.15) is 0 Å². The van der Waals surface area contributed by atoms with E-state index < -0.39 is 15.3 Å². The lowest BCUT2D eigenvalue weighted by Gasteiger charge is -2.26. The number of sulfonamides is 1. The van der Waals surface area contributed by atoms with E-state index in [1.807, 2.05) is 0 Å². The van der Waals surface area contributed by atoms with Crippen molar-refractivity contribution in [1.82, 2.24) is 9.29 Å². The van der Waals surface area contributed by atoms with E-state index in [-0.39, 0.29) is 5.91 Å². The minimum absolute atomic E-state index is 0.291. The number of hydrogen-bond donors (Lipinski definition) is 1. The minimum atomic E-state index is -3.31. The van der Waals surface area contributed by atoms with Gasteiger partial charge >= 0.3 is 0 Å². The lowest BCUT2D eigenvalue weighted by molar-refractivity contribution is 0.102. The van der Waals surface area contributed by atoms with Gasteiger partial charge in [-0.3, -0.25) is 10.1 Å². The number of benzene rings is 1. The van der Waals surface area contributed by atoms with E-state index >= 15 is 0 Å². The quantitative estimate of drug-likeness (QED) is 0.764. The zero-order valence-electron chi connectivity index (χ0n) is 16.2. The average molecular weight is 426 g/mol. The van der Waals surface area contributed by atoms with Crippen molar-refractivity contribution in [3.05, 3.63) is 34.3 Å². The summed E-state index contributed by atoms with van der Waals surface area (Å²) >= 11 is 1.30. The number of anilines is 1. The molecule has 8 nitrogen and oxygen atoms in total. The van der Waals surface area contributed by atoms with Crippen LogP contribution in [-0.4, -0.2) is 49.6 Å².